The van der Waals surface area contributed by atoms with E-state index in [0.717, 1.165) is 5.57 Å². The number of Topliss-reactive ketones (excluding diaryl/α,β-unsaturated/α-hetero) is 2. The number of rotatable bonds is 6. The summed E-state index contributed by atoms with van der Waals surface area (Å²) in [5.74, 6) is -7.74. The molecule has 13 heteroatoms. The van der Waals surface area contributed by atoms with Gasteiger partial charge < -0.3 is 43.9 Å². The third kappa shape index (κ3) is 10.9. The second-order valence-electron chi connectivity index (χ2n) is 17.2. The molecule has 4 bridgehead atoms. The van der Waals surface area contributed by atoms with Gasteiger partial charge in [0, 0.05) is 58.6 Å². The zero-order valence-corrected chi connectivity index (χ0v) is 35.1. The first-order valence-corrected chi connectivity index (χ1v) is 20.7. The topological polar surface area (TPSA) is 178 Å². The summed E-state index contributed by atoms with van der Waals surface area (Å²) in [6.45, 7) is 11.3. The van der Waals surface area contributed by atoms with E-state index in [4.69, 9.17) is 23.7 Å². The zero-order valence-electron chi connectivity index (χ0n) is 35.1. The number of ketones is 2. The van der Waals surface area contributed by atoms with Gasteiger partial charge in [-0.1, -0.05) is 45.4 Å². The fourth-order valence-electron chi connectivity index (χ4n) is 9.36. The van der Waals surface area contributed by atoms with E-state index in [1.54, 1.807) is 21.0 Å². The van der Waals surface area contributed by atoms with Crippen molar-refractivity contribution in [2.75, 3.05) is 34.4 Å². The summed E-state index contributed by atoms with van der Waals surface area (Å²) < 4.78 is 29.7. The van der Waals surface area contributed by atoms with E-state index < -0.39 is 83.7 Å². The Balaban J connectivity index is 1.71. The van der Waals surface area contributed by atoms with Gasteiger partial charge in [-0.05, 0) is 89.0 Å². The zero-order chi connectivity index (χ0) is 41.5. The third-order valence-electron chi connectivity index (χ3n) is 12.9. The number of fused-ring (bicyclic) bond motifs is 4. The SMILES string of the molecule is CC[C@@H]1C=C(C)C[C@H](C)C[C@H](OC)[C@H]2O[C@@](O)(C(=O)C(=O)N3CCC[C@H](C3)C(=O)O[C@H](C(C)=C[C@@H]3CC[C@@H](O)[C@H](OC)C3)[C@H](C)[C@@H](O)CC1=O)[C@H](C)C[C@@H]2OC. The molecule has 3 aliphatic heterocycles. The molecule has 2 saturated heterocycles. The number of allylic oxidation sites excluding steroid dienone is 3. The Morgan fingerprint density at radius 1 is 0.929 bits per heavy atom. The lowest BCUT2D eigenvalue weighted by atomic mass is 9.81. The normalized spacial score (nSPS) is 40.6. The van der Waals surface area contributed by atoms with E-state index in [-0.39, 0.29) is 49.7 Å². The molecule has 0 spiro atoms. The molecule has 318 valence electrons. The van der Waals surface area contributed by atoms with Gasteiger partial charge in [-0.2, -0.15) is 0 Å². The molecule has 56 heavy (non-hydrogen) atoms. The molecule has 1 amide bonds. The fourth-order valence-corrected chi connectivity index (χ4v) is 9.36. The van der Waals surface area contributed by atoms with E-state index >= 15 is 0 Å². The van der Waals surface area contributed by atoms with Crippen molar-refractivity contribution in [1.82, 2.24) is 4.90 Å². The van der Waals surface area contributed by atoms with E-state index in [0.29, 0.717) is 56.9 Å². The molecule has 4 rings (SSSR count). The second kappa shape index (κ2) is 20.4. The molecule has 1 saturated carbocycles. The van der Waals surface area contributed by atoms with E-state index in [9.17, 15) is 34.5 Å². The number of ether oxygens (including phenoxy) is 5. The quantitative estimate of drug-likeness (QED) is 0.197. The number of methoxy groups -OCH3 is 3. The van der Waals surface area contributed by atoms with Crippen LogP contribution in [0.15, 0.2) is 23.3 Å². The minimum atomic E-state index is -2.44. The number of amides is 1. The number of aliphatic hydroxyl groups is 3. The molecular formula is C43H69NO12. The van der Waals surface area contributed by atoms with Crippen LogP contribution in [-0.2, 0) is 42.9 Å². The predicted molar refractivity (Wildman–Crippen MR) is 208 cm³/mol. The first-order chi connectivity index (χ1) is 26.5. The van der Waals surface area contributed by atoms with Crippen LogP contribution in [-0.4, -0.2) is 127 Å². The van der Waals surface area contributed by atoms with Gasteiger partial charge >= 0.3 is 5.97 Å². The summed E-state index contributed by atoms with van der Waals surface area (Å²) in [7, 11) is 4.64. The minimum Gasteiger partial charge on any atom is -0.457 e. The maximum Gasteiger partial charge on any atom is 0.311 e. The monoisotopic (exact) mass is 791 g/mol. The highest BCUT2D eigenvalue weighted by Gasteiger charge is 2.56. The Kier molecular flexibility index (Phi) is 16.9. The van der Waals surface area contributed by atoms with Crippen molar-refractivity contribution in [3.8, 4) is 0 Å². The van der Waals surface area contributed by atoms with Gasteiger partial charge in [-0.3, -0.25) is 19.2 Å². The molecule has 0 aromatic rings. The lowest BCUT2D eigenvalue weighted by molar-refractivity contribution is -0.302. The Bertz CT molecular complexity index is 1430. The maximum atomic E-state index is 14.0. The number of hydrogen-bond donors (Lipinski definition) is 3. The van der Waals surface area contributed by atoms with Crippen LogP contribution in [0, 0.1) is 35.5 Å². The van der Waals surface area contributed by atoms with Crippen molar-refractivity contribution < 1.29 is 58.2 Å². The fraction of sp³-hybridized carbons (Fsp3) is 0.814. The van der Waals surface area contributed by atoms with Crippen molar-refractivity contribution >= 4 is 23.4 Å². The lowest BCUT2D eigenvalue weighted by Gasteiger charge is -2.46. The summed E-state index contributed by atoms with van der Waals surface area (Å²) in [4.78, 5) is 57.0. The Labute approximate surface area is 333 Å². The average molecular weight is 792 g/mol. The number of cyclic esters (lactones) is 1. The molecule has 0 aromatic heterocycles. The van der Waals surface area contributed by atoms with E-state index in [1.165, 1.54) is 19.1 Å². The largest absolute Gasteiger partial charge is 0.457 e. The van der Waals surface area contributed by atoms with E-state index in [1.807, 2.05) is 32.9 Å². The van der Waals surface area contributed by atoms with Crippen LogP contribution in [0.4, 0.5) is 0 Å². The van der Waals surface area contributed by atoms with E-state index in [2.05, 4.69) is 6.92 Å². The van der Waals surface area contributed by atoms with Crippen LogP contribution >= 0.6 is 0 Å². The van der Waals surface area contributed by atoms with Gasteiger partial charge in [0.05, 0.1) is 36.4 Å². The number of nitrogens with zero attached hydrogens (tertiary/aromatic N) is 1. The molecule has 0 unspecified atom stereocenters. The van der Waals surface area contributed by atoms with Crippen molar-refractivity contribution in [2.24, 2.45) is 35.5 Å². The van der Waals surface area contributed by atoms with Crippen LogP contribution in [0.3, 0.4) is 0 Å². The van der Waals surface area contributed by atoms with Crippen LogP contribution in [0.5, 0.6) is 0 Å². The summed E-state index contributed by atoms with van der Waals surface area (Å²) in [5, 5.41) is 33.9. The standard InChI is InChI=1S/C43H69NO12/c1-10-30-17-24(2)16-25(3)18-36(53-8)39-37(54-9)20-27(5)43(51,56-39)40(48)41(49)44-15-11-12-31(23-44)42(50)55-38(28(6)33(46)22-34(30)47)26(4)19-29-13-14-32(45)35(21-29)52-7/h17,19,25,27-33,35-39,45-46,51H,10-16,18,20-23H2,1-9H3/t25-,27+,28+,29-,30+,31+,32+,33-,35+,36-,37-,38+,39+,43+/m0/s1. The molecule has 4 aliphatic rings. The number of piperidine rings is 1. The molecule has 14 atom stereocenters. The van der Waals surface area contributed by atoms with Gasteiger partial charge in [0.25, 0.3) is 11.7 Å². The van der Waals surface area contributed by atoms with Gasteiger partial charge in [-0.25, -0.2) is 0 Å². The summed E-state index contributed by atoms with van der Waals surface area (Å²) in [6, 6.07) is 0. The summed E-state index contributed by atoms with van der Waals surface area (Å²) in [6.07, 6.45) is 3.54. The van der Waals surface area contributed by atoms with Crippen LogP contribution in [0.1, 0.15) is 106 Å². The summed E-state index contributed by atoms with van der Waals surface area (Å²) in [5.41, 5.74) is 1.71. The molecule has 13 nitrogen and oxygen atoms in total. The minimum absolute atomic E-state index is 0.0317. The molecule has 3 heterocycles. The molecule has 1 aliphatic carbocycles. The van der Waals surface area contributed by atoms with Crippen molar-refractivity contribution in [3.05, 3.63) is 23.3 Å². The number of carbonyl (C=O) groups excluding carboxylic acids is 4. The van der Waals surface area contributed by atoms with Gasteiger partial charge in [0.2, 0.25) is 5.79 Å². The number of esters is 1. The molecule has 0 aromatic carbocycles. The number of hydrogen-bond acceptors (Lipinski definition) is 12. The first kappa shape index (κ1) is 46.2. The van der Waals surface area contributed by atoms with Crippen LogP contribution in [0.2, 0.25) is 0 Å². The van der Waals surface area contributed by atoms with Crippen molar-refractivity contribution in [3.63, 3.8) is 0 Å². The third-order valence-corrected chi connectivity index (χ3v) is 12.9. The van der Waals surface area contributed by atoms with Crippen LogP contribution < -0.4 is 0 Å². The lowest BCUT2D eigenvalue weighted by Crippen LogP contribution is -2.63. The van der Waals surface area contributed by atoms with Crippen molar-refractivity contribution in [2.45, 2.75) is 154 Å². The number of carbonyl (C=O) groups is 4. The predicted octanol–water partition coefficient (Wildman–Crippen LogP) is 4.33. The Hall–Kier alpha value is -2.52. The Morgan fingerprint density at radius 2 is 1.59 bits per heavy atom. The summed E-state index contributed by atoms with van der Waals surface area (Å²) >= 11 is 0. The second-order valence-corrected chi connectivity index (χ2v) is 17.2. The molecule has 0 radical (unpaired) electrons. The first-order valence-electron chi connectivity index (χ1n) is 20.7. The molecule has 3 N–H and O–H groups in total. The average Bonchev–Trinajstić information content (AvgIpc) is 3.18. The highest BCUT2D eigenvalue weighted by molar-refractivity contribution is 6.38. The molecule has 3 fully saturated rings. The van der Waals surface area contributed by atoms with Crippen molar-refractivity contribution in [1.29, 1.82) is 0 Å². The molecular weight excluding hydrogens is 722 g/mol. The van der Waals surface area contributed by atoms with Gasteiger partial charge in [0.1, 0.15) is 18.0 Å². The highest BCUT2D eigenvalue weighted by Crippen LogP contribution is 2.39. The Morgan fingerprint density at radius 3 is 2.23 bits per heavy atom. The maximum absolute atomic E-state index is 14.0. The smallest absolute Gasteiger partial charge is 0.311 e. The van der Waals surface area contributed by atoms with Crippen LogP contribution in [0.25, 0.3) is 0 Å². The van der Waals surface area contributed by atoms with Gasteiger partial charge in [-0.15, -0.1) is 0 Å². The highest BCUT2D eigenvalue weighted by atomic mass is 16.7. The number of aliphatic hydroxyl groups excluding tert-OH is 2. The van der Waals surface area contributed by atoms with Gasteiger partial charge in [0.15, 0.2) is 0 Å².